The molecule has 0 aromatic carbocycles. The molecule has 0 atom stereocenters. The van der Waals surface area contributed by atoms with Gasteiger partial charge in [-0.15, -0.1) is 0 Å². The van der Waals surface area contributed by atoms with E-state index >= 15 is 0 Å². The molecule has 0 unspecified atom stereocenters. The Labute approximate surface area is 70.8 Å². The predicted molar refractivity (Wildman–Crippen MR) is 45.0 cm³/mol. The molecule has 0 radical (unpaired) electrons. The van der Waals surface area contributed by atoms with Crippen molar-refractivity contribution in [2.45, 2.75) is 13.2 Å². The Bertz CT molecular complexity index is 264. The highest BCUT2D eigenvalue weighted by molar-refractivity contribution is 5.37. The smallest absolute Gasteiger partial charge is 0.156 e. The van der Waals surface area contributed by atoms with Crippen LogP contribution >= 0.6 is 0 Å². The predicted octanol–water partition coefficient (Wildman–Crippen LogP) is -0.336. The van der Waals surface area contributed by atoms with Gasteiger partial charge >= 0.3 is 0 Å². The van der Waals surface area contributed by atoms with Crippen LogP contribution in [0.1, 0.15) is 11.4 Å². The molecule has 0 amide bonds. The van der Waals surface area contributed by atoms with Gasteiger partial charge in [0.2, 0.25) is 0 Å². The zero-order chi connectivity index (χ0) is 8.97. The molecule has 1 aromatic rings. The first-order valence-corrected chi connectivity index (χ1v) is 3.57. The van der Waals surface area contributed by atoms with Crippen LogP contribution in [0.25, 0.3) is 0 Å². The molecule has 1 aromatic heterocycles. The van der Waals surface area contributed by atoms with Crippen LogP contribution < -0.4 is 11.5 Å². The van der Waals surface area contributed by atoms with Crippen LogP contribution in [0, 0.1) is 0 Å². The number of aromatic nitrogens is 2. The minimum atomic E-state index is 0.360. The van der Waals surface area contributed by atoms with Crippen molar-refractivity contribution in [1.29, 1.82) is 0 Å². The molecule has 66 valence electrons. The van der Waals surface area contributed by atoms with Gasteiger partial charge in [-0.05, 0) is 0 Å². The van der Waals surface area contributed by atoms with E-state index in [-0.39, 0.29) is 0 Å². The lowest BCUT2D eigenvalue weighted by Crippen LogP contribution is -2.07. The van der Waals surface area contributed by atoms with Gasteiger partial charge < -0.3 is 16.2 Å². The maximum absolute atomic E-state index is 5.58. The first kappa shape index (κ1) is 8.89. The van der Waals surface area contributed by atoms with Crippen LogP contribution in [-0.4, -0.2) is 17.1 Å². The summed E-state index contributed by atoms with van der Waals surface area (Å²) in [6.07, 6.45) is 1.62. The number of nitrogens with two attached hydrogens (primary N) is 2. The number of ether oxygens (including phenoxy) is 1. The van der Waals surface area contributed by atoms with Gasteiger partial charge in [0.15, 0.2) is 5.82 Å². The van der Waals surface area contributed by atoms with Crippen molar-refractivity contribution in [2.75, 3.05) is 12.8 Å². The van der Waals surface area contributed by atoms with Crippen molar-refractivity contribution in [2.24, 2.45) is 5.73 Å². The fourth-order valence-electron chi connectivity index (χ4n) is 0.814. The van der Waals surface area contributed by atoms with Crippen LogP contribution in [0.2, 0.25) is 0 Å². The highest BCUT2D eigenvalue weighted by Gasteiger charge is 2.01. The fraction of sp³-hybridized carbons (Fsp3) is 0.429. The lowest BCUT2D eigenvalue weighted by atomic mass is 10.3. The molecule has 0 aliphatic carbocycles. The maximum atomic E-state index is 5.58. The van der Waals surface area contributed by atoms with Gasteiger partial charge in [0.25, 0.3) is 0 Å². The number of anilines is 1. The van der Waals surface area contributed by atoms with Gasteiger partial charge in [-0.2, -0.15) is 0 Å². The average Bonchev–Trinajstić information content (AvgIpc) is 2.05. The van der Waals surface area contributed by atoms with Gasteiger partial charge in [-0.3, -0.25) is 0 Å². The van der Waals surface area contributed by atoms with E-state index in [0.29, 0.717) is 24.8 Å². The van der Waals surface area contributed by atoms with Crippen LogP contribution in [-0.2, 0) is 17.9 Å². The van der Waals surface area contributed by atoms with Gasteiger partial charge in [-0.25, -0.2) is 9.97 Å². The molecule has 12 heavy (non-hydrogen) atoms. The van der Waals surface area contributed by atoms with Crippen molar-refractivity contribution in [1.82, 2.24) is 9.97 Å². The summed E-state index contributed by atoms with van der Waals surface area (Å²) in [5.74, 6) is 1.01. The monoisotopic (exact) mass is 168 g/mol. The molecule has 4 N–H and O–H groups in total. The molecule has 5 nitrogen and oxygen atoms in total. The largest absolute Gasteiger partial charge is 0.383 e. The number of nitrogen functional groups attached to an aromatic ring is 1. The standard InChI is InChI=1S/C7H12N4O/c1-12-4-6-10-3-5(2-8)7(9)11-6/h3H,2,4,8H2,1H3,(H2,9,10,11). The second kappa shape index (κ2) is 3.99. The summed E-state index contributed by atoms with van der Waals surface area (Å²) in [6.45, 7) is 0.730. The summed E-state index contributed by atoms with van der Waals surface area (Å²) >= 11 is 0. The summed E-state index contributed by atoms with van der Waals surface area (Å²) in [5, 5.41) is 0. The summed E-state index contributed by atoms with van der Waals surface area (Å²) in [5.41, 5.74) is 11.7. The molecule has 0 saturated heterocycles. The van der Waals surface area contributed by atoms with Gasteiger partial charge in [0.05, 0.1) is 0 Å². The molecule has 0 spiro atoms. The number of hydrogen-bond acceptors (Lipinski definition) is 5. The number of nitrogens with zero attached hydrogens (tertiary/aromatic N) is 2. The molecule has 0 aliphatic rings. The third kappa shape index (κ3) is 1.90. The van der Waals surface area contributed by atoms with Crippen LogP contribution in [0.5, 0.6) is 0 Å². The van der Waals surface area contributed by atoms with Gasteiger partial charge in [-0.1, -0.05) is 0 Å². The minimum absolute atomic E-state index is 0.360. The van der Waals surface area contributed by atoms with Crippen LogP contribution in [0.3, 0.4) is 0 Å². The third-order valence-electron chi connectivity index (χ3n) is 1.44. The maximum Gasteiger partial charge on any atom is 0.156 e. The van der Waals surface area contributed by atoms with Crippen molar-refractivity contribution < 1.29 is 4.74 Å². The van der Waals surface area contributed by atoms with Crippen molar-refractivity contribution in [3.8, 4) is 0 Å². The fourth-order valence-corrected chi connectivity index (χ4v) is 0.814. The van der Waals surface area contributed by atoms with E-state index < -0.39 is 0 Å². The van der Waals surface area contributed by atoms with Crippen molar-refractivity contribution in [3.63, 3.8) is 0 Å². The molecule has 1 rings (SSSR count). The second-order valence-electron chi connectivity index (χ2n) is 2.33. The number of hydrogen-bond donors (Lipinski definition) is 2. The van der Waals surface area contributed by atoms with E-state index in [9.17, 15) is 0 Å². The van der Waals surface area contributed by atoms with E-state index in [1.54, 1.807) is 13.3 Å². The topological polar surface area (TPSA) is 87.0 Å². The zero-order valence-corrected chi connectivity index (χ0v) is 6.95. The molecule has 1 heterocycles. The summed E-state index contributed by atoms with van der Waals surface area (Å²) < 4.78 is 4.84. The highest BCUT2D eigenvalue weighted by atomic mass is 16.5. The lowest BCUT2D eigenvalue weighted by molar-refractivity contribution is 0.178. The average molecular weight is 168 g/mol. The van der Waals surface area contributed by atoms with E-state index in [1.807, 2.05) is 0 Å². The second-order valence-corrected chi connectivity index (χ2v) is 2.33. The summed E-state index contributed by atoms with van der Waals surface area (Å²) in [6, 6.07) is 0. The first-order valence-electron chi connectivity index (χ1n) is 3.57. The Morgan fingerprint density at radius 1 is 1.58 bits per heavy atom. The SMILES string of the molecule is COCc1ncc(CN)c(N)n1. The normalized spacial score (nSPS) is 10.2. The van der Waals surface area contributed by atoms with Crippen LogP contribution in [0.4, 0.5) is 5.82 Å². The Balaban J connectivity index is 2.86. The van der Waals surface area contributed by atoms with Crippen molar-refractivity contribution >= 4 is 5.82 Å². The van der Waals surface area contributed by atoms with E-state index in [1.165, 1.54) is 0 Å². The third-order valence-corrected chi connectivity index (χ3v) is 1.44. The Morgan fingerprint density at radius 3 is 2.83 bits per heavy atom. The Morgan fingerprint density at radius 2 is 2.33 bits per heavy atom. The molecular weight excluding hydrogens is 156 g/mol. The van der Waals surface area contributed by atoms with E-state index in [2.05, 4.69) is 9.97 Å². The molecular formula is C7H12N4O. The summed E-state index contributed by atoms with van der Waals surface area (Å²) in [4.78, 5) is 8.00. The zero-order valence-electron chi connectivity index (χ0n) is 6.95. The first-order chi connectivity index (χ1) is 5.77. The Kier molecular flexibility index (Phi) is 2.95. The molecule has 0 saturated carbocycles. The van der Waals surface area contributed by atoms with Crippen molar-refractivity contribution in [3.05, 3.63) is 17.6 Å². The summed E-state index contributed by atoms with van der Waals surface area (Å²) in [7, 11) is 1.58. The van der Waals surface area contributed by atoms with E-state index in [4.69, 9.17) is 16.2 Å². The number of methoxy groups -OCH3 is 1. The quantitative estimate of drug-likeness (QED) is 0.645. The van der Waals surface area contributed by atoms with E-state index in [0.717, 1.165) is 5.56 Å². The molecule has 0 bridgehead atoms. The lowest BCUT2D eigenvalue weighted by Gasteiger charge is -2.03. The molecule has 0 fully saturated rings. The van der Waals surface area contributed by atoms with Gasteiger partial charge in [0.1, 0.15) is 12.4 Å². The minimum Gasteiger partial charge on any atom is -0.383 e. The number of rotatable bonds is 3. The van der Waals surface area contributed by atoms with Gasteiger partial charge in [0, 0.05) is 25.4 Å². The molecule has 5 heteroatoms. The highest BCUT2D eigenvalue weighted by Crippen LogP contribution is 2.05. The molecule has 0 aliphatic heterocycles. The Hall–Kier alpha value is -1.20. The van der Waals surface area contributed by atoms with Crippen LogP contribution in [0.15, 0.2) is 6.20 Å².